The van der Waals surface area contributed by atoms with Crippen LogP contribution in [0.15, 0.2) is 29.9 Å². The molecule has 0 bridgehead atoms. The fourth-order valence-corrected chi connectivity index (χ4v) is 2.75. The van der Waals surface area contributed by atoms with Crippen LogP contribution in [-0.2, 0) is 6.18 Å². The van der Waals surface area contributed by atoms with Gasteiger partial charge in [-0.3, -0.25) is 0 Å². The standard InChI is InChI=1S/C12H6F4N2S/c13-8-1-3-17-11-9(8)7(5-18-11)6-2-4-19-10(6)12(14,15)16/h1-5H,(H,17,18). The molecule has 3 aromatic heterocycles. The zero-order valence-electron chi connectivity index (χ0n) is 9.25. The summed E-state index contributed by atoms with van der Waals surface area (Å²) < 4.78 is 52.4. The first-order valence-electron chi connectivity index (χ1n) is 5.25. The molecule has 19 heavy (non-hydrogen) atoms. The summed E-state index contributed by atoms with van der Waals surface area (Å²) in [5, 5.41) is 1.41. The van der Waals surface area contributed by atoms with Gasteiger partial charge in [0.25, 0.3) is 0 Å². The van der Waals surface area contributed by atoms with E-state index < -0.39 is 16.9 Å². The largest absolute Gasteiger partial charge is 0.426 e. The third-order valence-electron chi connectivity index (χ3n) is 2.74. The van der Waals surface area contributed by atoms with E-state index in [9.17, 15) is 17.6 Å². The first-order valence-corrected chi connectivity index (χ1v) is 6.13. The molecule has 0 aromatic carbocycles. The molecule has 0 amide bonds. The number of nitrogens with one attached hydrogen (secondary N) is 1. The summed E-state index contributed by atoms with van der Waals surface area (Å²) in [7, 11) is 0. The van der Waals surface area contributed by atoms with E-state index in [-0.39, 0.29) is 22.2 Å². The Bertz CT molecular complexity index is 742. The Morgan fingerprint density at radius 2 is 1.95 bits per heavy atom. The van der Waals surface area contributed by atoms with Crippen LogP contribution < -0.4 is 0 Å². The molecule has 0 atom stereocenters. The zero-order chi connectivity index (χ0) is 13.6. The van der Waals surface area contributed by atoms with Crippen molar-refractivity contribution in [3.8, 4) is 11.1 Å². The number of alkyl halides is 3. The lowest BCUT2D eigenvalue weighted by atomic mass is 10.1. The van der Waals surface area contributed by atoms with Crippen molar-refractivity contribution in [1.29, 1.82) is 0 Å². The third kappa shape index (κ3) is 1.90. The number of H-pyrrole nitrogens is 1. The fourth-order valence-electron chi connectivity index (χ4n) is 1.97. The Balaban J connectivity index is 2.29. The number of aromatic amines is 1. The highest BCUT2D eigenvalue weighted by molar-refractivity contribution is 7.10. The van der Waals surface area contributed by atoms with E-state index in [4.69, 9.17) is 0 Å². The zero-order valence-corrected chi connectivity index (χ0v) is 10.1. The molecule has 3 heterocycles. The number of hydrogen-bond donors (Lipinski definition) is 1. The molecule has 0 saturated carbocycles. The topological polar surface area (TPSA) is 28.7 Å². The quantitative estimate of drug-likeness (QED) is 0.658. The van der Waals surface area contributed by atoms with Crippen LogP contribution in [0.1, 0.15) is 4.88 Å². The van der Waals surface area contributed by atoms with Crippen molar-refractivity contribution in [1.82, 2.24) is 9.97 Å². The van der Waals surface area contributed by atoms with Crippen LogP contribution in [0.5, 0.6) is 0 Å². The lowest BCUT2D eigenvalue weighted by molar-refractivity contribution is -0.133. The molecule has 0 aliphatic rings. The van der Waals surface area contributed by atoms with Crippen molar-refractivity contribution in [2.75, 3.05) is 0 Å². The normalized spacial score (nSPS) is 12.2. The first kappa shape index (κ1) is 12.2. The average Bonchev–Trinajstić information content (AvgIpc) is 2.93. The molecular weight excluding hydrogens is 280 g/mol. The summed E-state index contributed by atoms with van der Waals surface area (Å²) >= 11 is 0.587. The highest BCUT2D eigenvalue weighted by atomic mass is 32.1. The van der Waals surface area contributed by atoms with Gasteiger partial charge in [-0.1, -0.05) is 0 Å². The van der Waals surface area contributed by atoms with Crippen molar-refractivity contribution in [3.63, 3.8) is 0 Å². The fraction of sp³-hybridized carbons (Fsp3) is 0.0833. The molecule has 0 saturated heterocycles. The van der Waals surface area contributed by atoms with Crippen molar-refractivity contribution in [2.24, 2.45) is 0 Å². The van der Waals surface area contributed by atoms with E-state index in [1.807, 2.05) is 0 Å². The third-order valence-corrected chi connectivity index (χ3v) is 3.69. The molecule has 0 aliphatic carbocycles. The summed E-state index contributed by atoms with van der Waals surface area (Å²) in [6.45, 7) is 0. The molecule has 98 valence electrons. The predicted octanol–water partition coefficient (Wildman–Crippen LogP) is 4.45. The molecule has 3 aromatic rings. The minimum atomic E-state index is -4.45. The molecule has 0 spiro atoms. The first-order chi connectivity index (χ1) is 8.98. The number of pyridine rings is 1. The van der Waals surface area contributed by atoms with E-state index in [2.05, 4.69) is 9.97 Å². The van der Waals surface area contributed by atoms with Crippen LogP contribution in [0.25, 0.3) is 22.2 Å². The Morgan fingerprint density at radius 3 is 2.68 bits per heavy atom. The SMILES string of the molecule is Fc1ccnc2[nH]cc(-c3ccsc3C(F)(F)F)c12. The highest BCUT2D eigenvalue weighted by Gasteiger charge is 2.35. The van der Waals surface area contributed by atoms with Gasteiger partial charge in [0.2, 0.25) is 0 Å². The van der Waals surface area contributed by atoms with Gasteiger partial charge in [-0.25, -0.2) is 9.37 Å². The summed E-state index contributed by atoms with van der Waals surface area (Å²) in [6, 6.07) is 2.46. The van der Waals surface area contributed by atoms with Gasteiger partial charge in [-0.15, -0.1) is 11.3 Å². The summed E-state index contributed by atoms with van der Waals surface area (Å²) in [6.07, 6.45) is -1.85. The van der Waals surface area contributed by atoms with Crippen molar-refractivity contribution >= 4 is 22.4 Å². The van der Waals surface area contributed by atoms with Crippen molar-refractivity contribution in [3.05, 3.63) is 40.6 Å². The lowest BCUT2D eigenvalue weighted by Gasteiger charge is -2.06. The van der Waals surface area contributed by atoms with E-state index in [1.54, 1.807) is 0 Å². The molecule has 7 heteroatoms. The number of hydrogen-bond acceptors (Lipinski definition) is 2. The average molecular weight is 286 g/mol. The summed E-state index contributed by atoms with van der Waals surface area (Å²) in [5.74, 6) is -0.597. The predicted molar refractivity (Wildman–Crippen MR) is 64.4 cm³/mol. The van der Waals surface area contributed by atoms with Crippen LogP contribution in [-0.4, -0.2) is 9.97 Å². The monoisotopic (exact) mass is 286 g/mol. The van der Waals surface area contributed by atoms with Gasteiger partial charge in [0.1, 0.15) is 16.3 Å². The number of fused-ring (bicyclic) bond motifs is 1. The van der Waals surface area contributed by atoms with Crippen LogP contribution in [0.3, 0.4) is 0 Å². The summed E-state index contributed by atoms with van der Waals surface area (Å²) in [4.78, 5) is 5.83. The van der Waals surface area contributed by atoms with E-state index in [0.717, 1.165) is 6.07 Å². The van der Waals surface area contributed by atoms with Gasteiger partial charge in [0.15, 0.2) is 0 Å². The Hall–Kier alpha value is -1.89. The second kappa shape index (κ2) is 4.06. The van der Waals surface area contributed by atoms with Gasteiger partial charge < -0.3 is 4.98 Å². The van der Waals surface area contributed by atoms with Crippen molar-refractivity contribution < 1.29 is 17.6 Å². The molecule has 3 rings (SSSR count). The number of nitrogens with zero attached hydrogens (tertiary/aromatic N) is 1. The van der Waals surface area contributed by atoms with E-state index in [1.165, 1.54) is 23.8 Å². The Labute approximate surface area is 108 Å². The van der Waals surface area contributed by atoms with E-state index >= 15 is 0 Å². The van der Waals surface area contributed by atoms with Crippen molar-refractivity contribution in [2.45, 2.75) is 6.18 Å². The number of rotatable bonds is 1. The summed E-state index contributed by atoms with van der Waals surface area (Å²) in [5.41, 5.74) is 0.374. The van der Waals surface area contributed by atoms with Crippen LogP contribution >= 0.6 is 11.3 Å². The van der Waals surface area contributed by atoms with Crippen LogP contribution in [0, 0.1) is 5.82 Å². The molecule has 0 aliphatic heterocycles. The van der Waals surface area contributed by atoms with Gasteiger partial charge in [-0.05, 0) is 17.5 Å². The smallest absolute Gasteiger partial charge is 0.345 e. The maximum atomic E-state index is 13.8. The second-order valence-corrected chi connectivity index (χ2v) is 4.80. The molecule has 1 N–H and O–H groups in total. The van der Waals surface area contributed by atoms with Crippen LogP contribution in [0.2, 0.25) is 0 Å². The van der Waals surface area contributed by atoms with Gasteiger partial charge in [0, 0.05) is 23.5 Å². The molecule has 0 unspecified atom stereocenters. The van der Waals surface area contributed by atoms with Gasteiger partial charge >= 0.3 is 6.18 Å². The minimum Gasteiger partial charge on any atom is -0.345 e. The Kier molecular flexibility index (Phi) is 2.60. The molecular formula is C12H6F4N2S. The van der Waals surface area contributed by atoms with Gasteiger partial charge in [0.05, 0.1) is 5.39 Å². The number of halogens is 4. The lowest BCUT2D eigenvalue weighted by Crippen LogP contribution is -2.03. The molecule has 0 radical (unpaired) electrons. The number of thiophene rings is 1. The maximum absolute atomic E-state index is 13.8. The highest BCUT2D eigenvalue weighted by Crippen LogP contribution is 2.42. The molecule has 2 nitrogen and oxygen atoms in total. The molecule has 0 fully saturated rings. The second-order valence-electron chi connectivity index (χ2n) is 3.88. The Morgan fingerprint density at radius 1 is 1.16 bits per heavy atom. The minimum absolute atomic E-state index is 0.0318. The van der Waals surface area contributed by atoms with Gasteiger partial charge in [-0.2, -0.15) is 13.2 Å². The maximum Gasteiger partial charge on any atom is 0.426 e. The number of aromatic nitrogens is 2. The van der Waals surface area contributed by atoms with Crippen LogP contribution in [0.4, 0.5) is 17.6 Å². The van der Waals surface area contributed by atoms with E-state index in [0.29, 0.717) is 11.3 Å².